The highest BCUT2D eigenvalue weighted by Crippen LogP contribution is 2.40. The maximum atomic E-state index is 6.07. The molecular weight excluding hydrogens is 263 g/mol. The van der Waals surface area contributed by atoms with Gasteiger partial charge in [0.2, 0.25) is 0 Å². The zero-order chi connectivity index (χ0) is 15.1. The molecule has 0 saturated carbocycles. The molecule has 0 aliphatic carbocycles. The van der Waals surface area contributed by atoms with Crippen molar-refractivity contribution in [2.75, 3.05) is 6.61 Å². The molecule has 3 rings (SSSR count). The lowest BCUT2D eigenvalue weighted by Crippen LogP contribution is -2.41. The third-order valence-electron chi connectivity index (χ3n) is 4.77. The minimum atomic E-state index is -0.297. The summed E-state index contributed by atoms with van der Waals surface area (Å²) in [5.74, 6) is 0. The van der Waals surface area contributed by atoms with Gasteiger partial charge in [0.15, 0.2) is 0 Å². The quantitative estimate of drug-likeness (QED) is 0.776. The fourth-order valence-electron chi connectivity index (χ4n) is 2.64. The van der Waals surface area contributed by atoms with Crippen LogP contribution in [0.15, 0.2) is 41.9 Å². The van der Waals surface area contributed by atoms with Crippen molar-refractivity contribution in [3.05, 3.63) is 47.4 Å². The number of hydrogen-bond acceptors (Lipinski definition) is 3. The van der Waals surface area contributed by atoms with Crippen LogP contribution in [0.4, 0.5) is 0 Å². The van der Waals surface area contributed by atoms with Gasteiger partial charge in [0.25, 0.3) is 0 Å². The van der Waals surface area contributed by atoms with E-state index in [0.717, 1.165) is 11.9 Å². The van der Waals surface area contributed by atoms with E-state index in [1.54, 1.807) is 0 Å². The SMILES string of the molecule is CC1(C)OB(C2=CCC(c3ccccc3)OC2)OC1(C)C. The van der Waals surface area contributed by atoms with E-state index in [2.05, 4.69) is 45.9 Å². The predicted molar refractivity (Wildman–Crippen MR) is 83.9 cm³/mol. The summed E-state index contributed by atoms with van der Waals surface area (Å²) < 4.78 is 18.1. The second-order valence-corrected chi connectivity index (χ2v) is 6.81. The Morgan fingerprint density at radius 1 is 1.00 bits per heavy atom. The van der Waals surface area contributed by atoms with Crippen LogP contribution in [0.3, 0.4) is 0 Å². The molecule has 1 unspecified atom stereocenters. The average molecular weight is 286 g/mol. The van der Waals surface area contributed by atoms with E-state index in [0.29, 0.717) is 6.61 Å². The minimum Gasteiger partial charge on any atom is -0.400 e. The van der Waals surface area contributed by atoms with Gasteiger partial charge in [-0.05, 0) is 45.2 Å². The molecule has 0 radical (unpaired) electrons. The lowest BCUT2D eigenvalue weighted by molar-refractivity contribution is 0.00578. The lowest BCUT2D eigenvalue weighted by Gasteiger charge is -2.32. The molecular formula is C17H23BO3. The first kappa shape index (κ1) is 14.8. The maximum Gasteiger partial charge on any atom is 0.492 e. The molecule has 2 aliphatic rings. The van der Waals surface area contributed by atoms with Gasteiger partial charge >= 0.3 is 7.12 Å². The molecule has 0 aromatic heterocycles. The van der Waals surface area contributed by atoms with Gasteiger partial charge in [-0.2, -0.15) is 0 Å². The average Bonchev–Trinajstić information content (AvgIpc) is 2.69. The Morgan fingerprint density at radius 2 is 1.62 bits per heavy atom. The van der Waals surface area contributed by atoms with Crippen LogP contribution >= 0.6 is 0 Å². The number of benzene rings is 1. The van der Waals surface area contributed by atoms with Crippen LogP contribution in [0.5, 0.6) is 0 Å². The van der Waals surface area contributed by atoms with Crippen molar-refractivity contribution in [3.63, 3.8) is 0 Å². The monoisotopic (exact) mass is 286 g/mol. The largest absolute Gasteiger partial charge is 0.492 e. The number of hydrogen-bond donors (Lipinski definition) is 0. The summed E-state index contributed by atoms with van der Waals surface area (Å²) in [7, 11) is -0.285. The van der Waals surface area contributed by atoms with E-state index in [-0.39, 0.29) is 24.4 Å². The zero-order valence-corrected chi connectivity index (χ0v) is 13.3. The molecule has 1 saturated heterocycles. The smallest absolute Gasteiger partial charge is 0.400 e. The molecule has 0 spiro atoms. The molecule has 4 heteroatoms. The highest BCUT2D eigenvalue weighted by atomic mass is 16.7. The minimum absolute atomic E-state index is 0.136. The number of ether oxygens (including phenoxy) is 1. The molecule has 1 atom stereocenters. The summed E-state index contributed by atoms with van der Waals surface area (Å²) in [4.78, 5) is 0. The van der Waals surface area contributed by atoms with Crippen LogP contribution in [-0.4, -0.2) is 24.9 Å². The van der Waals surface area contributed by atoms with E-state index in [1.807, 2.05) is 18.2 Å². The molecule has 1 aromatic carbocycles. The van der Waals surface area contributed by atoms with Crippen LogP contribution < -0.4 is 0 Å². The van der Waals surface area contributed by atoms with Gasteiger partial charge in [-0.25, -0.2) is 0 Å². The van der Waals surface area contributed by atoms with Crippen LogP contribution in [0.2, 0.25) is 0 Å². The summed E-state index contributed by atoms with van der Waals surface area (Å²) in [6.07, 6.45) is 3.21. The normalized spacial score (nSPS) is 27.5. The van der Waals surface area contributed by atoms with E-state index < -0.39 is 0 Å². The van der Waals surface area contributed by atoms with Crippen molar-refractivity contribution in [2.24, 2.45) is 0 Å². The van der Waals surface area contributed by atoms with Gasteiger partial charge in [-0.1, -0.05) is 36.4 Å². The van der Waals surface area contributed by atoms with E-state index >= 15 is 0 Å². The van der Waals surface area contributed by atoms with Gasteiger partial charge < -0.3 is 14.0 Å². The Morgan fingerprint density at radius 3 is 2.14 bits per heavy atom. The van der Waals surface area contributed by atoms with E-state index in [9.17, 15) is 0 Å². The molecule has 2 aliphatic heterocycles. The predicted octanol–water partition coefficient (Wildman–Crippen LogP) is 3.71. The zero-order valence-electron chi connectivity index (χ0n) is 13.3. The standard InChI is InChI=1S/C17H23BO3/c1-16(2)17(3,4)21-18(20-16)14-10-11-15(19-12-14)13-8-6-5-7-9-13/h5-10,15H,11-12H2,1-4H3. The first-order chi connectivity index (χ1) is 9.89. The van der Waals surface area contributed by atoms with Crippen LogP contribution in [0, 0.1) is 0 Å². The summed E-state index contributed by atoms with van der Waals surface area (Å²) in [5, 5.41) is 0. The number of rotatable bonds is 2. The Labute approximate surface area is 127 Å². The fourth-order valence-corrected chi connectivity index (χ4v) is 2.64. The molecule has 21 heavy (non-hydrogen) atoms. The van der Waals surface area contributed by atoms with Gasteiger partial charge in [0, 0.05) is 0 Å². The van der Waals surface area contributed by atoms with Gasteiger partial charge in [0.1, 0.15) is 0 Å². The second kappa shape index (κ2) is 5.27. The highest BCUT2D eigenvalue weighted by Gasteiger charge is 2.52. The van der Waals surface area contributed by atoms with Crippen LogP contribution in [0.1, 0.15) is 45.8 Å². The molecule has 0 amide bonds. The van der Waals surface area contributed by atoms with Crippen LogP contribution in [0.25, 0.3) is 0 Å². The van der Waals surface area contributed by atoms with Crippen molar-refractivity contribution >= 4 is 7.12 Å². The van der Waals surface area contributed by atoms with Crippen molar-refractivity contribution in [2.45, 2.75) is 51.4 Å². The Kier molecular flexibility index (Phi) is 3.72. The molecule has 0 N–H and O–H groups in total. The summed E-state index contributed by atoms with van der Waals surface area (Å²) in [5.41, 5.74) is 1.73. The third-order valence-corrected chi connectivity index (χ3v) is 4.77. The fraction of sp³-hybridized carbons (Fsp3) is 0.529. The van der Waals surface area contributed by atoms with Crippen molar-refractivity contribution in [1.29, 1.82) is 0 Å². The first-order valence-corrected chi connectivity index (χ1v) is 7.60. The second-order valence-electron chi connectivity index (χ2n) is 6.81. The molecule has 3 nitrogen and oxygen atoms in total. The summed E-state index contributed by atoms with van der Waals surface area (Å²) >= 11 is 0. The lowest BCUT2D eigenvalue weighted by atomic mass is 9.76. The summed E-state index contributed by atoms with van der Waals surface area (Å²) in [6, 6.07) is 10.3. The Balaban J connectivity index is 1.69. The van der Waals surface area contributed by atoms with Gasteiger partial charge in [-0.3, -0.25) is 0 Å². The summed E-state index contributed by atoms with van der Waals surface area (Å²) in [6.45, 7) is 8.86. The van der Waals surface area contributed by atoms with E-state index in [1.165, 1.54) is 5.56 Å². The van der Waals surface area contributed by atoms with Gasteiger partial charge in [-0.15, -0.1) is 0 Å². The Hall–Kier alpha value is -1.10. The maximum absolute atomic E-state index is 6.07. The van der Waals surface area contributed by atoms with Crippen molar-refractivity contribution < 1.29 is 14.0 Å². The first-order valence-electron chi connectivity index (χ1n) is 7.60. The topological polar surface area (TPSA) is 27.7 Å². The molecule has 2 heterocycles. The van der Waals surface area contributed by atoms with E-state index in [4.69, 9.17) is 14.0 Å². The molecule has 1 fully saturated rings. The van der Waals surface area contributed by atoms with Crippen LogP contribution in [-0.2, 0) is 14.0 Å². The molecule has 1 aromatic rings. The molecule has 112 valence electrons. The van der Waals surface area contributed by atoms with Crippen molar-refractivity contribution in [1.82, 2.24) is 0 Å². The third kappa shape index (κ3) is 2.80. The van der Waals surface area contributed by atoms with Crippen molar-refractivity contribution in [3.8, 4) is 0 Å². The molecule has 0 bridgehead atoms. The Bertz CT molecular complexity index is 520. The highest BCUT2D eigenvalue weighted by molar-refractivity contribution is 6.54. The van der Waals surface area contributed by atoms with Gasteiger partial charge in [0.05, 0.1) is 23.9 Å².